The molecule has 0 saturated heterocycles. The lowest BCUT2D eigenvalue weighted by molar-refractivity contribution is 0.285. The van der Waals surface area contributed by atoms with Crippen LogP contribution in [0, 0.1) is 0 Å². The van der Waals surface area contributed by atoms with E-state index in [4.69, 9.17) is 5.73 Å². The molecule has 0 radical (unpaired) electrons. The Morgan fingerprint density at radius 1 is 1.29 bits per heavy atom. The molecule has 1 aromatic heterocycles. The first-order valence-corrected chi connectivity index (χ1v) is 6.58. The molecule has 2 fully saturated rings. The van der Waals surface area contributed by atoms with Crippen molar-refractivity contribution in [2.75, 3.05) is 0 Å². The first kappa shape index (κ1) is 11.0. The standard InChI is InChI=1S/C13H19N3O/c14-13(6-2-1-3-7-13)12-15-10(9-4-5-9)8-11(17)16-12/h8-9H,1-7,14H2,(H,15,16,17). The lowest BCUT2D eigenvalue weighted by Gasteiger charge is -2.32. The van der Waals surface area contributed by atoms with Gasteiger partial charge in [0.2, 0.25) is 0 Å². The molecule has 17 heavy (non-hydrogen) atoms. The number of nitrogens with two attached hydrogens (primary N) is 1. The molecule has 4 heteroatoms. The Labute approximate surface area is 101 Å². The van der Waals surface area contributed by atoms with Gasteiger partial charge in [0.25, 0.3) is 5.56 Å². The Bertz CT molecular complexity index is 470. The van der Waals surface area contributed by atoms with Gasteiger partial charge in [-0.1, -0.05) is 19.3 Å². The molecule has 1 aromatic rings. The number of hydrogen-bond acceptors (Lipinski definition) is 3. The largest absolute Gasteiger partial charge is 0.319 e. The molecule has 92 valence electrons. The smallest absolute Gasteiger partial charge is 0.251 e. The second-order valence-corrected chi connectivity index (χ2v) is 5.51. The molecule has 0 atom stereocenters. The van der Waals surface area contributed by atoms with Crippen molar-refractivity contribution in [1.82, 2.24) is 9.97 Å². The van der Waals surface area contributed by atoms with E-state index in [0.717, 1.165) is 44.2 Å². The van der Waals surface area contributed by atoms with Crippen molar-refractivity contribution >= 4 is 0 Å². The van der Waals surface area contributed by atoms with Crippen molar-refractivity contribution in [3.63, 3.8) is 0 Å². The van der Waals surface area contributed by atoms with E-state index in [1.165, 1.54) is 6.42 Å². The Hall–Kier alpha value is -1.16. The minimum absolute atomic E-state index is 0.0488. The van der Waals surface area contributed by atoms with Crippen LogP contribution in [0.5, 0.6) is 0 Å². The van der Waals surface area contributed by atoms with Crippen molar-refractivity contribution in [3.8, 4) is 0 Å². The van der Waals surface area contributed by atoms with Gasteiger partial charge in [0.05, 0.1) is 11.2 Å². The van der Waals surface area contributed by atoms with Crippen molar-refractivity contribution in [2.45, 2.75) is 56.4 Å². The Morgan fingerprint density at radius 3 is 2.65 bits per heavy atom. The van der Waals surface area contributed by atoms with Crippen LogP contribution in [0.4, 0.5) is 0 Å². The highest BCUT2D eigenvalue weighted by molar-refractivity contribution is 5.17. The van der Waals surface area contributed by atoms with Gasteiger partial charge in [0.15, 0.2) is 0 Å². The van der Waals surface area contributed by atoms with E-state index in [0.29, 0.717) is 11.7 Å². The molecule has 0 amide bonds. The van der Waals surface area contributed by atoms with Crippen LogP contribution in [0.25, 0.3) is 0 Å². The Morgan fingerprint density at radius 2 is 2.00 bits per heavy atom. The Kier molecular flexibility index (Phi) is 2.54. The maximum absolute atomic E-state index is 11.7. The van der Waals surface area contributed by atoms with Crippen LogP contribution in [0.1, 0.15) is 62.4 Å². The first-order valence-electron chi connectivity index (χ1n) is 6.58. The van der Waals surface area contributed by atoms with Crippen LogP contribution in [-0.4, -0.2) is 9.97 Å². The highest BCUT2D eigenvalue weighted by Crippen LogP contribution is 2.39. The number of hydrogen-bond donors (Lipinski definition) is 2. The highest BCUT2D eigenvalue weighted by Gasteiger charge is 2.34. The van der Waals surface area contributed by atoms with Crippen molar-refractivity contribution in [3.05, 3.63) is 27.9 Å². The van der Waals surface area contributed by atoms with Crippen molar-refractivity contribution < 1.29 is 0 Å². The summed E-state index contributed by atoms with van der Waals surface area (Å²) in [6.07, 6.45) is 7.70. The predicted molar refractivity (Wildman–Crippen MR) is 65.8 cm³/mol. The lowest BCUT2D eigenvalue weighted by atomic mass is 9.82. The van der Waals surface area contributed by atoms with Gasteiger partial charge in [-0.05, 0) is 25.7 Å². The van der Waals surface area contributed by atoms with Gasteiger partial charge in [-0.25, -0.2) is 4.98 Å². The topological polar surface area (TPSA) is 71.8 Å². The summed E-state index contributed by atoms with van der Waals surface area (Å²) in [5.74, 6) is 1.22. The third-order valence-corrected chi connectivity index (χ3v) is 3.97. The fourth-order valence-corrected chi connectivity index (χ4v) is 2.72. The molecular weight excluding hydrogens is 214 g/mol. The lowest BCUT2D eigenvalue weighted by Crippen LogP contribution is -2.41. The van der Waals surface area contributed by atoms with Gasteiger partial charge in [0, 0.05) is 12.0 Å². The number of rotatable bonds is 2. The molecule has 0 unspecified atom stereocenters. The number of aromatic nitrogens is 2. The molecule has 0 bridgehead atoms. The quantitative estimate of drug-likeness (QED) is 0.817. The van der Waals surface area contributed by atoms with Crippen LogP contribution in [0.15, 0.2) is 10.9 Å². The SMILES string of the molecule is NC1(c2nc(C3CC3)cc(=O)[nH]2)CCCCC1. The van der Waals surface area contributed by atoms with Crippen LogP contribution in [0.3, 0.4) is 0 Å². The van der Waals surface area contributed by atoms with Crippen LogP contribution in [0.2, 0.25) is 0 Å². The number of aromatic amines is 1. The molecule has 3 N–H and O–H groups in total. The summed E-state index contributed by atoms with van der Waals surface area (Å²) in [5, 5.41) is 0. The fourth-order valence-electron chi connectivity index (χ4n) is 2.72. The second-order valence-electron chi connectivity index (χ2n) is 5.51. The summed E-state index contributed by atoms with van der Waals surface area (Å²) in [4.78, 5) is 19.1. The normalized spacial score (nSPS) is 23.6. The molecule has 0 spiro atoms. The van der Waals surface area contributed by atoms with Gasteiger partial charge in [-0.15, -0.1) is 0 Å². The van der Waals surface area contributed by atoms with Crippen LogP contribution in [-0.2, 0) is 5.54 Å². The second kappa shape index (κ2) is 3.95. The van der Waals surface area contributed by atoms with Crippen molar-refractivity contribution in [1.29, 1.82) is 0 Å². The molecule has 4 nitrogen and oxygen atoms in total. The minimum Gasteiger partial charge on any atom is -0.319 e. The Balaban J connectivity index is 1.98. The van der Waals surface area contributed by atoms with Crippen molar-refractivity contribution in [2.24, 2.45) is 5.73 Å². The van der Waals surface area contributed by atoms with Crippen LogP contribution < -0.4 is 11.3 Å². The van der Waals surface area contributed by atoms with E-state index < -0.39 is 5.54 Å². The summed E-state index contributed by atoms with van der Waals surface area (Å²) >= 11 is 0. The molecule has 2 saturated carbocycles. The summed E-state index contributed by atoms with van der Waals surface area (Å²) in [7, 11) is 0. The van der Waals surface area contributed by atoms with E-state index in [2.05, 4.69) is 9.97 Å². The third-order valence-electron chi connectivity index (χ3n) is 3.97. The van der Waals surface area contributed by atoms with E-state index in [1.807, 2.05) is 0 Å². The van der Waals surface area contributed by atoms with Gasteiger partial charge in [-0.2, -0.15) is 0 Å². The predicted octanol–water partition coefficient (Wildman–Crippen LogP) is 1.77. The summed E-state index contributed by atoms with van der Waals surface area (Å²) in [6.45, 7) is 0. The van der Waals surface area contributed by atoms with Gasteiger partial charge in [0.1, 0.15) is 5.82 Å². The van der Waals surface area contributed by atoms with E-state index >= 15 is 0 Å². The maximum Gasteiger partial charge on any atom is 0.251 e. The molecule has 2 aliphatic rings. The first-order chi connectivity index (χ1) is 8.17. The molecule has 0 aliphatic heterocycles. The summed E-state index contributed by atoms with van der Waals surface area (Å²) in [6, 6.07) is 1.63. The molecule has 2 aliphatic carbocycles. The average molecular weight is 233 g/mol. The zero-order valence-electron chi connectivity index (χ0n) is 10.0. The minimum atomic E-state index is -0.400. The highest BCUT2D eigenvalue weighted by atomic mass is 16.1. The molecular formula is C13H19N3O. The van der Waals surface area contributed by atoms with E-state index in [-0.39, 0.29) is 5.56 Å². The van der Waals surface area contributed by atoms with E-state index in [1.54, 1.807) is 6.07 Å². The van der Waals surface area contributed by atoms with Gasteiger partial charge < -0.3 is 10.7 Å². The average Bonchev–Trinajstić information content (AvgIpc) is 3.13. The fraction of sp³-hybridized carbons (Fsp3) is 0.692. The zero-order chi connectivity index (χ0) is 11.9. The summed E-state index contributed by atoms with van der Waals surface area (Å²) < 4.78 is 0. The monoisotopic (exact) mass is 233 g/mol. The molecule has 1 heterocycles. The maximum atomic E-state index is 11.7. The molecule has 3 rings (SSSR count). The van der Waals surface area contributed by atoms with E-state index in [9.17, 15) is 4.79 Å². The number of nitrogens with one attached hydrogen (secondary N) is 1. The molecule has 0 aromatic carbocycles. The third kappa shape index (κ3) is 2.14. The van der Waals surface area contributed by atoms with Crippen LogP contribution >= 0.6 is 0 Å². The summed E-state index contributed by atoms with van der Waals surface area (Å²) in [5.41, 5.74) is 6.90. The number of H-pyrrole nitrogens is 1. The zero-order valence-corrected chi connectivity index (χ0v) is 10.0. The number of nitrogens with zero attached hydrogens (tertiary/aromatic N) is 1. The van der Waals surface area contributed by atoms with Gasteiger partial charge >= 0.3 is 0 Å². The van der Waals surface area contributed by atoms with Gasteiger partial charge in [-0.3, -0.25) is 4.79 Å².